The van der Waals surface area contributed by atoms with Crippen molar-refractivity contribution in [3.63, 3.8) is 0 Å². The molecule has 0 amide bonds. The molecule has 0 radical (unpaired) electrons. The molecule has 2 rings (SSSR count). The molecular weight excluding hydrogens is 267 g/mol. The minimum atomic E-state index is -1.07. The third kappa shape index (κ3) is 3.46. The van der Waals surface area contributed by atoms with Gasteiger partial charge in [0.1, 0.15) is 31.2 Å². The van der Waals surface area contributed by atoms with Crippen molar-refractivity contribution >= 4 is 0 Å². The zero-order chi connectivity index (χ0) is 14.5. The van der Waals surface area contributed by atoms with E-state index in [1.165, 1.54) is 0 Å². The molecule has 3 N–H and O–H groups in total. The minimum absolute atomic E-state index is 0.0422. The van der Waals surface area contributed by atoms with E-state index in [1.807, 2.05) is 0 Å². The monoisotopic (exact) mass is 286 g/mol. The molecule has 20 heavy (non-hydrogen) atoms. The molecule has 1 aromatic carbocycles. The number of benzene rings is 1. The van der Waals surface area contributed by atoms with Gasteiger partial charge in [-0.25, -0.2) is 4.39 Å². The number of halogens is 1. The fourth-order valence-corrected chi connectivity index (χ4v) is 2.28. The lowest BCUT2D eigenvalue weighted by Crippen LogP contribution is -2.44. The molecule has 0 bridgehead atoms. The Balaban J connectivity index is 2.15. The molecule has 0 spiro atoms. The second kappa shape index (κ2) is 6.99. The molecule has 0 aromatic heterocycles. The normalized spacial score (nSPS) is 30.2. The van der Waals surface area contributed by atoms with E-state index >= 15 is 0 Å². The number of hydrogen-bond acceptors (Lipinski definition) is 5. The fourth-order valence-electron chi connectivity index (χ4n) is 2.28. The van der Waals surface area contributed by atoms with E-state index in [1.54, 1.807) is 24.3 Å². The fraction of sp³-hybridized carbons (Fsp3) is 0.571. The summed E-state index contributed by atoms with van der Waals surface area (Å²) in [5, 5.41) is 29.0. The summed E-state index contributed by atoms with van der Waals surface area (Å²) in [6.45, 7) is -0.851. The summed E-state index contributed by atoms with van der Waals surface area (Å²) in [6.07, 6.45) is -3.11. The van der Waals surface area contributed by atoms with Gasteiger partial charge in [0.15, 0.2) is 0 Å². The molecule has 4 atom stereocenters. The van der Waals surface area contributed by atoms with E-state index in [0.29, 0.717) is 11.3 Å². The van der Waals surface area contributed by atoms with Gasteiger partial charge in [0.2, 0.25) is 0 Å². The smallest absolute Gasteiger partial charge is 0.123 e. The predicted octanol–water partition coefficient (Wildman–Crippen LogP) is 0.579. The Morgan fingerprint density at radius 3 is 2.85 bits per heavy atom. The van der Waals surface area contributed by atoms with E-state index < -0.39 is 31.1 Å². The van der Waals surface area contributed by atoms with Crippen molar-refractivity contribution in [1.82, 2.24) is 0 Å². The molecule has 0 saturated carbocycles. The van der Waals surface area contributed by atoms with Crippen molar-refractivity contribution in [2.24, 2.45) is 0 Å². The zero-order valence-electron chi connectivity index (χ0n) is 11.0. The standard InChI is InChI=1S/C14H19FO5/c15-4-5-19-10-3-1-2-9(6-10)14-13(18)12(17)7-11(8-16)20-14/h1-3,6,11-14,16-18H,4-5,7-8H2. The summed E-state index contributed by atoms with van der Waals surface area (Å²) < 4.78 is 22.8. The average molecular weight is 286 g/mol. The highest BCUT2D eigenvalue weighted by molar-refractivity contribution is 5.31. The third-order valence-corrected chi connectivity index (χ3v) is 3.28. The Labute approximate surface area is 116 Å². The maximum Gasteiger partial charge on any atom is 0.123 e. The van der Waals surface area contributed by atoms with Crippen LogP contribution in [0.15, 0.2) is 24.3 Å². The van der Waals surface area contributed by atoms with E-state index in [-0.39, 0.29) is 19.6 Å². The van der Waals surface area contributed by atoms with Crippen LogP contribution >= 0.6 is 0 Å². The van der Waals surface area contributed by atoms with Gasteiger partial charge in [-0.15, -0.1) is 0 Å². The Morgan fingerprint density at radius 2 is 2.15 bits per heavy atom. The number of rotatable bonds is 5. The Kier molecular flexibility index (Phi) is 5.31. The molecule has 1 aliphatic heterocycles. The van der Waals surface area contributed by atoms with Gasteiger partial charge in [-0.3, -0.25) is 0 Å². The first-order chi connectivity index (χ1) is 9.65. The Bertz CT molecular complexity index is 428. The first-order valence-electron chi connectivity index (χ1n) is 6.57. The molecular formula is C14H19FO5. The highest BCUT2D eigenvalue weighted by Crippen LogP contribution is 2.33. The van der Waals surface area contributed by atoms with Crippen LogP contribution in [0.3, 0.4) is 0 Å². The van der Waals surface area contributed by atoms with Crippen molar-refractivity contribution in [3.8, 4) is 5.75 Å². The van der Waals surface area contributed by atoms with Gasteiger partial charge in [0.25, 0.3) is 0 Å². The SMILES string of the molecule is OCC1CC(O)C(O)C(c2cccc(OCCF)c2)O1. The average Bonchev–Trinajstić information content (AvgIpc) is 2.48. The molecule has 4 unspecified atom stereocenters. The van der Waals surface area contributed by atoms with Crippen molar-refractivity contribution in [2.75, 3.05) is 19.9 Å². The third-order valence-electron chi connectivity index (χ3n) is 3.28. The summed E-state index contributed by atoms with van der Waals surface area (Å²) in [4.78, 5) is 0. The highest BCUT2D eigenvalue weighted by atomic mass is 19.1. The van der Waals surface area contributed by atoms with E-state index in [9.17, 15) is 14.6 Å². The molecule has 0 aliphatic carbocycles. The van der Waals surface area contributed by atoms with Gasteiger partial charge in [-0.2, -0.15) is 0 Å². The van der Waals surface area contributed by atoms with Crippen LogP contribution in [-0.2, 0) is 4.74 Å². The Morgan fingerprint density at radius 1 is 1.35 bits per heavy atom. The maximum absolute atomic E-state index is 12.1. The molecule has 6 heteroatoms. The molecule has 5 nitrogen and oxygen atoms in total. The summed E-state index contributed by atoms with van der Waals surface area (Å²) in [6, 6.07) is 6.74. The van der Waals surface area contributed by atoms with E-state index in [2.05, 4.69) is 0 Å². The molecule has 112 valence electrons. The van der Waals surface area contributed by atoms with Crippen molar-refractivity contribution in [1.29, 1.82) is 0 Å². The van der Waals surface area contributed by atoms with Crippen LogP contribution in [-0.4, -0.2) is 53.5 Å². The van der Waals surface area contributed by atoms with Crippen LogP contribution < -0.4 is 4.74 Å². The van der Waals surface area contributed by atoms with E-state index in [4.69, 9.17) is 14.6 Å². The van der Waals surface area contributed by atoms with E-state index in [0.717, 1.165) is 0 Å². The van der Waals surface area contributed by atoms with Crippen LogP contribution in [0.25, 0.3) is 0 Å². The first-order valence-corrected chi connectivity index (χ1v) is 6.57. The van der Waals surface area contributed by atoms with Crippen LogP contribution in [0.5, 0.6) is 5.75 Å². The van der Waals surface area contributed by atoms with Crippen LogP contribution in [0, 0.1) is 0 Å². The second-order valence-electron chi connectivity index (χ2n) is 4.76. The van der Waals surface area contributed by atoms with Crippen molar-refractivity contribution < 1.29 is 29.2 Å². The van der Waals surface area contributed by atoms with Gasteiger partial charge < -0.3 is 24.8 Å². The maximum atomic E-state index is 12.1. The van der Waals surface area contributed by atoms with Gasteiger partial charge >= 0.3 is 0 Å². The number of hydrogen-bond donors (Lipinski definition) is 3. The lowest BCUT2D eigenvalue weighted by atomic mass is 9.93. The lowest BCUT2D eigenvalue weighted by molar-refractivity contribution is -0.179. The summed E-state index contributed by atoms with van der Waals surface area (Å²) >= 11 is 0. The van der Waals surface area contributed by atoms with Crippen LogP contribution in [0.2, 0.25) is 0 Å². The topological polar surface area (TPSA) is 79.2 Å². The molecule has 1 fully saturated rings. The van der Waals surface area contributed by atoms with Crippen molar-refractivity contribution in [2.45, 2.75) is 30.8 Å². The van der Waals surface area contributed by atoms with Gasteiger partial charge in [-0.05, 0) is 17.7 Å². The first kappa shape index (κ1) is 15.2. The summed E-state index contributed by atoms with van der Waals surface area (Å²) in [5.41, 5.74) is 0.617. The quantitative estimate of drug-likeness (QED) is 0.738. The van der Waals surface area contributed by atoms with Gasteiger partial charge in [0.05, 0.1) is 18.8 Å². The Hall–Kier alpha value is -1.21. The molecule has 1 aromatic rings. The van der Waals surface area contributed by atoms with Crippen molar-refractivity contribution in [3.05, 3.63) is 29.8 Å². The largest absolute Gasteiger partial charge is 0.491 e. The number of aliphatic hydroxyl groups excluding tert-OH is 3. The molecule has 1 aliphatic rings. The molecule has 1 heterocycles. The van der Waals surface area contributed by atoms with Crippen LogP contribution in [0.4, 0.5) is 4.39 Å². The number of alkyl halides is 1. The number of ether oxygens (including phenoxy) is 2. The van der Waals surface area contributed by atoms with Gasteiger partial charge in [-0.1, -0.05) is 12.1 Å². The van der Waals surface area contributed by atoms with Crippen LogP contribution in [0.1, 0.15) is 18.1 Å². The zero-order valence-corrected chi connectivity index (χ0v) is 11.0. The summed E-state index contributed by atoms with van der Waals surface area (Å²) in [5.74, 6) is 0.469. The minimum Gasteiger partial charge on any atom is -0.491 e. The lowest BCUT2D eigenvalue weighted by Gasteiger charge is -2.36. The number of aliphatic hydroxyl groups is 3. The predicted molar refractivity (Wildman–Crippen MR) is 69.2 cm³/mol. The molecule has 1 saturated heterocycles. The highest BCUT2D eigenvalue weighted by Gasteiger charge is 2.37. The summed E-state index contributed by atoms with van der Waals surface area (Å²) in [7, 11) is 0. The second-order valence-corrected chi connectivity index (χ2v) is 4.76. The van der Waals surface area contributed by atoms with Gasteiger partial charge in [0, 0.05) is 6.42 Å².